The Morgan fingerprint density at radius 1 is 1.05 bits per heavy atom. The van der Waals surface area contributed by atoms with Crippen molar-refractivity contribution >= 4 is 29.7 Å². The first kappa shape index (κ1) is 28.3. The van der Waals surface area contributed by atoms with Gasteiger partial charge >= 0.3 is 11.9 Å². The van der Waals surface area contributed by atoms with Gasteiger partial charge < -0.3 is 14.7 Å². The van der Waals surface area contributed by atoms with E-state index in [-0.39, 0.29) is 24.3 Å². The van der Waals surface area contributed by atoms with Gasteiger partial charge in [-0.1, -0.05) is 37.8 Å². The summed E-state index contributed by atoms with van der Waals surface area (Å²) in [6.07, 6.45) is 5.55. The van der Waals surface area contributed by atoms with E-state index in [1.165, 1.54) is 9.80 Å². The van der Waals surface area contributed by atoms with Crippen LogP contribution in [-0.4, -0.2) is 82.4 Å². The summed E-state index contributed by atoms with van der Waals surface area (Å²) in [4.78, 5) is 64.3. The van der Waals surface area contributed by atoms with Crippen molar-refractivity contribution < 1.29 is 33.8 Å². The van der Waals surface area contributed by atoms with E-state index in [0.29, 0.717) is 49.9 Å². The molecule has 10 heteroatoms. The average Bonchev–Trinajstić information content (AvgIpc) is 3.47. The Balaban J connectivity index is 1.40. The summed E-state index contributed by atoms with van der Waals surface area (Å²) in [5.74, 6) is -2.24. The molecule has 3 rings (SSSR count). The number of carboxylic acid groups (broad SMARTS) is 1. The zero-order valence-electron chi connectivity index (χ0n) is 21.6. The number of carboxylic acids is 1. The van der Waals surface area contributed by atoms with Crippen LogP contribution in [-0.2, 0) is 19.1 Å². The van der Waals surface area contributed by atoms with Crippen molar-refractivity contribution in [3.05, 3.63) is 35.4 Å². The number of nitrogens with one attached hydrogen (secondary N) is 1. The lowest BCUT2D eigenvalue weighted by molar-refractivity contribution is -0.150. The van der Waals surface area contributed by atoms with Crippen LogP contribution in [0.2, 0.25) is 0 Å². The van der Waals surface area contributed by atoms with Crippen LogP contribution in [0.5, 0.6) is 0 Å². The van der Waals surface area contributed by atoms with Crippen molar-refractivity contribution in [2.45, 2.75) is 83.3 Å². The topological polar surface area (TPSA) is 133 Å². The van der Waals surface area contributed by atoms with Crippen molar-refractivity contribution in [1.29, 1.82) is 0 Å². The minimum Gasteiger partial charge on any atom is -0.480 e. The van der Waals surface area contributed by atoms with E-state index >= 15 is 0 Å². The smallest absolute Gasteiger partial charge is 0.326 e. The maximum absolute atomic E-state index is 12.8. The molecule has 2 aliphatic rings. The van der Waals surface area contributed by atoms with Crippen LogP contribution < -0.4 is 5.32 Å². The highest BCUT2D eigenvalue weighted by Crippen LogP contribution is 2.23. The van der Waals surface area contributed by atoms with Gasteiger partial charge in [-0.05, 0) is 51.7 Å². The molecule has 1 aromatic carbocycles. The predicted molar refractivity (Wildman–Crippen MR) is 135 cm³/mol. The molecule has 1 fully saturated rings. The van der Waals surface area contributed by atoms with Gasteiger partial charge in [0.25, 0.3) is 11.8 Å². The standard InChI is InChI=1S/C27H37N3O7/c1-3-37-27(36)21(28-18(2)23(31)29-17-11-15-22(29)26(34)35)14-7-5-4-6-10-16-30-24(32)19-12-8-9-13-20(19)25(30)33/h8-9,12-13,18,21-22,28H,3-7,10-11,14-17H2,1-2H3,(H,34,35)/t18-,21?,22-/m0/s1. The first-order valence-corrected chi connectivity index (χ1v) is 13.2. The van der Waals surface area contributed by atoms with Crippen LogP contribution >= 0.6 is 0 Å². The molecule has 1 saturated heterocycles. The number of benzene rings is 1. The fraction of sp³-hybridized carbons (Fsp3) is 0.593. The number of amides is 3. The lowest BCUT2D eigenvalue weighted by Crippen LogP contribution is -2.53. The number of rotatable bonds is 14. The van der Waals surface area contributed by atoms with Crippen LogP contribution in [0.1, 0.15) is 85.9 Å². The van der Waals surface area contributed by atoms with Crippen LogP contribution in [0.25, 0.3) is 0 Å². The highest BCUT2D eigenvalue weighted by Gasteiger charge is 2.37. The Morgan fingerprint density at radius 2 is 1.68 bits per heavy atom. The molecular weight excluding hydrogens is 478 g/mol. The number of likely N-dealkylation sites (tertiary alicyclic amines) is 1. The van der Waals surface area contributed by atoms with Gasteiger partial charge in [-0.25, -0.2) is 4.79 Å². The van der Waals surface area contributed by atoms with Crippen molar-refractivity contribution in [1.82, 2.24) is 15.1 Å². The molecular formula is C27H37N3O7. The highest BCUT2D eigenvalue weighted by atomic mass is 16.5. The molecule has 2 N–H and O–H groups in total. The molecule has 0 spiro atoms. The van der Waals surface area contributed by atoms with Crippen molar-refractivity contribution in [2.24, 2.45) is 0 Å². The van der Waals surface area contributed by atoms with E-state index < -0.39 is 30.1 Å². The summed E-state index contributed by atoms with van der Waals surface area (Å²) >= 11 is 0. The lowest BCUT2D eigenvalue weighted by Gasteiger charge is -2.27. The lowest BCUT2D eigenvalue weighted by atomic mass is 10.0. The third kappa shape index (κ3) is 6.94. The Kier molecular flexibility index (Phi) is 10.2. The average molecular weight is 516 g/mol. The van der Waals surface area contributed by atoms with Crippen molar-refractivity contribution in [3.8, 4) is 0 Å². The van der Waals surface area contributed by atoms with Gasteiger partial charge in [0, 0.05) is 13.1 Å². The number of imide groups is 1. The van der Waals surface area contributed by atoms with Gasteiger partial charge in [0.05, 0.1) is 23.8 Å². The van der Waals surface area contributed by atoms with Crippen LogP contribution in [0, 0.1) is 0 Å². The van der Waals surface area contributed by atoms with E-state index in [0.717, 1.165) is 25.7 Å². The monoisotopic (exact) mass is 515 g/mol. The Hall–Kier alpha value is -3.27. The van der Waals surface area contributed by atoms with Crippen molar-refractivity contribution in [3.63, 3.8) is 0 Å². The fourth-order valence-corrected chi connectivity index (χ4v) is 5.01. The molecule has 1 aromatic rings. The predicted octanol–water partition coefficient (Wildman–Crippen LogP) is 2.61. The van der Waals surface area contributed by atoms with Gasteiger partial charge in [-0.2, -0.15) is 0 Å². The molecule has 202 valence electrons. The number of hydrogen-bond donors (Lipinski definition) is 2. The molecule has 2 aliphatic heterocycles. The number of fused-ring (bicyclic) bond motifs is 1. The number of ether oxygens (including phenoxy) is 1. The molecule has 3 atom stereocenters. The fourth-order valence-electron chi connectivity index (χ4n) is 5.01. The molecule has 0 aromatic heterocycles. The van der Waals surface area contributed by atoms with E-state index in [9.17, 15) is 29.1 Å². The third-order valence-corrected chi connectivity index (χ3v) is 6.97. The van der Waals surface area contributed by atoms with Gasteiger partial charge in [0.2, 0.25) is 5.91 Å². The highest BCUT2D eigenvalue weighted by molar-refractivity contribution is 6.21. The number of hydrogen-bond acceptors (Lipinski definition) is 7. The molecule has 1 unspecified atom stereocenters. The summed E-state index contributed by atoms with van der Waals surface area (Å²) < 4.78 is 5.18. The number of unbranched alkanes of at least 4 members (excludes halogenated alkanes) is 4. The summed E-state index contributed by atoms with van der Waals surface area (Å²) in [6.45, 7) is 4.37. The van der Waals surface area contributed by atoms with E-state index in [2.05, 4.69) is 5.32 Å². The number of carbonyl (C=O) groups excluding carboxylic acids is 4. The summed E-state index contributed by atoms with van der Waals surface area (Å²) in [7, 11) is 0. The Labute approximate surface area is 217 Å². The largest absolute Gasteiger partial charge is 0.480 e. The number of nitrogens with zero attached hydrogens (tertiary/aromatic N) is 2. The van der Waals surface area contributed by atoms with Crippen LogP contribution in [0.3, 0.4) is 0 Å². The first-order chi connectivity index (χ1) is 17.8. The zero-order valence-corrected chi connectivity index (χ0v) is 21.6. The van der Waals surface area contributed by atoms with Gasteiger partial charge in [-0.3, -0.25) is 29.4 Å². The van der Waals surface area contributed by atoms with Crippen LogP contribution in [0.15, 0.2) is 24.3 Å². The maximum Gasteiger partial charge on any atom is 0.326 e. The summed E-state index contributed by atoms with van der Waals surface area (Å²) in [6, 6.07) is 4.65. The van der Waals surface area contributed by atoms with Crippen LogP contribution in [0.4, 0.5) is 0 Å². The van der Waals surface area contributed by atoms with E-state index in [4.69, 9.17) is 4.74 Å². The quantitative estimate of drug-likeness (QED) is 0.219. The number of esters is 1. The zero-order chi connectivity index (χ0) is 26.9. The first-order valence-electron chi connectivity index (χ1n) is 13.2. The Bertz CT molecular complexity index is 976. The van der Waals surface area contributed by atoms with Crippen molar-refractivity contribution in [2.75, 3.05) is 19.7 Å². The summed E-state index contributed by atoms with van der Waals surface area (Å²) in [5.41, 5.74) is 0.918. The molecule has 37 heavy (non-hydrogen) atoms. The van der Waals surface area contributed by atoms with Gasteiger partial charge in [0.1, 0.15) is 12.1 Å². The molecule has 0 radical (unpaired) electrons. The molecule has 0 bridgehead atoms. The van der Waals surface area contributed by atoms with Gasteiger partial charge in [-0.15, -0.1) is 0 Å². The molecule has 0 aliphatic carbocycles. The second-order valence-corrected chi connectivity index (χ2v) is 9.58. The third-order valence-electron chi connectivity index (χ3n) is 6.97. The SMILES string of the molecule is CCOC(=O)C(CCCCCCCN1C(=O)c2ccccc2C1=O)N[C@@H](C)C(=O)N1CCC[C@H]1C(=O)O. The minimum atomic E-state index is -1.01. The second kappa shape index (κ2) is 13.3. The Morgan fingerprint density at radius 3 is 2.30 bits per heavy atom. The normalized spacial score (nSPS) is 18.6. The molecule has 0 saturated carbocycles. The molecule has 10 nitrogen and oxygen atoms in total. The molecule has 3 amide bonds. The van der Waals surface area contributed by atoms with Gasteiger partial charge in [0.15, 0.2) is 0 Å². The summed E-state index contributed by atoms with van der Waals surface area (Å²) in [5, 5.41) is 12.4. The second-order valence-electron chi connectivity index (χ2n) is 9.58. The minimum absolute atomic E-state index is 0.227. The molecule has 2 heterocycles. The number of aliphatic carboxylic acids is 1. The van der Waals surface area contributed by atoms with E-state index in [1.54, 1.807) is 38.1 Å². The maximum atomic E-state index is 12.8. The van der Waals surface area contributed by atoms with E-state index in [1.807, 2.05) is 0 Å². The number of carbonyl (C=O) groups is 5.